The number of thiophene rings is 1. The van der Waals surface area contributed by atoms with Gasteiger partial charge in [-0.3, -0.25) is 14.9 Å². The highest BCUT2D eigenvalue weighted by atomic mass is 32.1. The quantitative estimate of drug-likeness (QED) is 0.479. The van der Waals surface area contributed by atoms with Crippen molar-refractivity contribution < 1.29 is 9.72 Å². The molecule has 0 bridgehead atoms. The molecule has 1 saturated heterocycles. The standard InChI is InChI=1S/C18H15N3O3S2/c22-18(20-7-2-5-16(20)13-6-8-25-10-13)15-11-26-17(19-15)12-3-1-4-14(9-12)21(23)24/h1,3-4,6,8-11,16H,2,5,7H2. The van der Waals surface area contributed by atoms with Gasteiger partial charge in [0.25, 0.3) is 11.6 Å². The number of thiazole rings is 1. The molecule has 4 rings (SSSR count). The third-order valence-corrected chi connectivity index (χ3v) is 6.06. The third kappa shape index (κ3) is 3.13. The van der Waals surface area contributed by atoms with Crippen LogP contribution in [0, 0.1) is 10.1 Å². The van der Waals surface area contributed by atoms with Crippen molar-refractivity contribution in [2.45, 2.75) is 18.9 Å². The van der Waals surface area contributed by atoms with E-state index in [1.165, 1.54) is 29.0 Å². The van der Waals surface area contributed by atoms with Gasteiger partial charge in [0.1, 0.15) is 10.7 Å². The Balaban J connectivity index is 1.59. The highest BCUT2D eigenvalue weighted by Crippen LogP contribution is 2.35. The molecular formula is C18H15N3O3S2. The summed E-state index contributed by atoms with van der Waals surface area (Å²) in [4.78, 5) is 29.8. The molecule has 0 aliphatic carbocycles. The average Bonchev–Trinajstić information content (AvgIpc) is 3.41. The molecule has 2 aromatic heterocycles. The van der Waals surface area contributed by atoms with Gasteiger partial charge in [-0.15, -0.1) is 11.3 Å². The van der Waals surface area contributed by atoms with Gasteiger partial charge in [-0.05, 0) is 35.2 Å². The number of hydrogen-bond acceptors (Lipinski definition) is 6. The van der Waals surface area contributed by atoms with E-state index in [9.17, 15) is 14.9 Å². The first kappa shape index (κ1) is 16.9. The summed E-state index contributed by atoms with van der Waals surface area (Å²) in [6.45, 7) is 0.725. The van der Waals surface area contributed by atoms with Crippen LogP contribution in [-0.2, 0) is 0 Å². The molecule has 1 unspecified atom stereocenters. The minimum atomic E-state index is -0.432. The lowest BCUT2D eigenvalue weighted by Crippen LogP contribution is -2.30. The first-order chi connectivity index (χ1) is 12.6. The van der Waals surface area contributed by atoms with Gasteiger partial charge >= 0.3 is 0 Å². The average molecular weight is 385 g/mol. The highest BCUT2D eigenvalue weighted by Gasteiger charge is 2.32. The predicted octanol–water partition coefficient (Wildman–Crippen LogP) is 4.76. The zero-order valence-electron chi connectivity index (χ0n) is 13.7. The van der Waals surface area contributed by atoms with Crippen LogP contribution in [0.3, 0.4) is 0 Å². The van der Waals surface area contributed by atoms with Crippen molar-refractivity contribution in [2.75, 3.05) is 6.54 Å². The fourth-order valence-electron chi connectivity index (χ4n) is 3.23. The molecule has 0 radical (unpaired) electrons. The monoisotopic (exact) mass is 385 g/mol. The van der Waals surface area contributed by atoms with E-state index in [1.807, 2.05) is 10.3 Å². The largest absolute Gasteiger partial charge is 0.330 e. The minimum absolute atomic E-state index is 0.0163. The smallest absolute Gasteiger partial charge is 0.273 e. The van der Waals surface area contributed by atoms with Crippen LogP contribution < -0.4 is 0 Å². The number of rotatable bonds is 4. The first-order valence-corrected chi connectivity index (χ1v) is 9.99. The van der Waals surface area contributed by atoms with Gasteiger partial charge in [-0.2, -0.15) is 11.3 Å². The molecule has 1 aliphatic rings. The van der Waals surface area contributed by atoms with Crippen LogP contribution in [0.25, 0.3) is 10.6 Å². The SMILES string of the molecule is O=C(c1csc(-c2cccc([N+](=O)[O-])c2)n1)N1CCCC1c1ccsc1. The van der Waals surface area contributed by atoms with Crippen LogP contribution in [-0.4, -0.2) is 27.3 Å². The Hall–Kier alpha value is -2.58. The number of nitrogens with zero attached hydrogens (tertiary/aromatic N) is 3. The summed E-state index contributed by atoms with van der Waals surface area (Å²) in [7, 11) is 0. The Morgan fingerprint density at radius 1 is 1.31 bits per heavy atom. The normalized spacial score (nSPS) is 16.8. The van der Waals surface area contributed by atoms with E-state index in [-0.39, 0.29) is 17.6 Å². The summed E-state index contributed by atoms with van der Waals surface area (Å²) in [6, 6.07) is 8.50. The van der Waals surface area contributed by atoms with Gasteiger partial charge in [0.15, 0.2) is 0 Å². The number of aromatic nitrogens is 1. The number of carbonyl (C=O) groups excluding carboxylic acids is 1. The second-order valence-corrected chi connectivity index (χ2v) is 7.70. The van der Waals surface area contributed by atoms with Crippen molar-refractivity contribution in [1.82, 2.24) is 9.88 Å². The second kappa shape index (κ2) is 6.97. The van der Waals surface area contributed by atoms with Crippen molar-refractivity contribution in [3.63, 3.8) is 0 Å². The Labute approximate surface area is 157 Å². The number of carbonyl (C=O) groups is 1. The molecule has 3 heterocycles. The van der Waals surface area contributed by atoms with Gasteiger partial charge in [0, 0.05) is 29.6 Å². The zero-order valence-corrected chi connectivity index (χ0v) is 15.3. The summed E-state index contributed by atoms with van der Waals surface area (Å²) in [5, 5.41) is 17.4. The van der Waals surface area contributed by atoms with Crippen molar-refractivity contribution in [1.29, 1.82) is 0 Å². The summed E-state index contributed by atoms with van der Waals surface area (Å²) in [5.74, 6) is -0.0772. The molecule has 1 fully saturated rings. The van der Waals surface area contributed by atoms with E-state index >= 15 is 0 Å². The molecule has 1 aromatic carbocycles. The van der Waals surface area contributed by atoms with Crippen molar-refractivity contribution in [3.8, 4) is 10.6 Å². The van der Waals surface area contributed by atoms with E-state index in [0.29, 0.717) is 16.3 Å². The zero-order chi connectivity index (χ0) is 18.1. The number of amides is 1. The first-order valence-electron chi connectivity index (χ1n) is 8.17. The van der Waals surface area contributed by atoms with E-state index in [2.05, 4.69) is 16.4 Å². The minimum Gasteiger partial charge on any atom is -0.330 e. The maximum absolute atomic E-state index is 12.9. The Morgan fingerprint density at radius 2 is 2.19 bits per heavy atom. The molecule has 132 valence electrons. The van der Waals surface area contributed by atoms with Crippen LogP contribution in [0.5, 0.6) is 0 Å². The Morgan fingerprint density at radius 3 is 2.96 bits per heavy atom. The number of benzene rings is 1. The van der Waals surface area contributed by atoms with Gasteiger partial charge in [0.05, 0.1) is 11.0 Å². The van der Waals surface area contributed by atoms with Crippen LogP contribution in [0.4, 0.5) is 5.69 Å². The fourth-order valence-corrected chi connectivity index (χ4v) is 4.72. The number of nitro groups is 1. The molecule has 0 N–H and O–H groups in total. The molecule has 1 amide bonds. The Kier molecular flexibility index (Phi) is 4.52. The molecule has 26 heavy (non-hydrogen) atoms. The number of likely N-dealkylation sites (tertiary alicyclic amines) is 1. The topological polar surface area (TPSA) is 76.3 Å². The molecule has 0 spiro atoms. The maximum Gasteiger partial charge on any atom is 0.273 e. The predicted molar refractivity (Wildman–Crippen MR) is 102 cm³/mol. The van der Waals surface area contributed by atoms with Crippen LogP contribution in [0.15, 0.2) is 46.5 Å². The molecule has 1 aliphatic heterocycles. The number of nitro benzene ring substituents is 1. The van der Waals surface area contributed by atoms with Gasteiger partial charge in [-0.1, -0.05) is 12.1 Å². The van der Waals surface area contributed by atoms with E-state index < -0.39 is 4.92 Å². The third-order valence-electron chi connectivity index (χ3n) is 4.47. The lowest BCUT2D eigenvalue weighted by molar-refractivity contribution is -0.384. The highest BCUT2D eigenvalue weighted by molar-refractivity contribution is 7.13. The Bertz CT molecular complexity index is 952. The molecular weight excluding hydrogens is 370 g/mol. The summed E-state index contributed by atoms with van der Waals surface area (Å²) >= 11 is 2.96. The van der Waals surface area contributed by atoms with E-state index in [0.717, 1.165) is 19.4 Å². The van der Waals surface area contributed by atoms with Gasteiger partial charge < -0.3 is 4.90 Å². The van der Waals surface area contributed by atoms with Crippen molar-refractivity contribution >= 4 is 34.3 Å². The van der Waals surface area contributed by atoms with Gasteiger partial charge in [-0.25, -0.2) is 4.98 Å². The van der Waals surface area contributed by atoms with Crippen LogP contribution in [0.2, 0.25) is 0 Å². The summed E-state index contributed by atoms with van der Waals surface area (Å²) < 4.78 is 0. The second-order valence-electron chi connectivity index (χ2n) is 6.06. The molecule has 8 heteroatoms. The number of hydrogen-bond donors (Lipinski definition) is 0. The molecule has 1 atom stereocenters. The van der Waals surface area contributed by atoms with Crippen molar-refractivity contribution in [3.05, 3.63) is 67.8 Å². The van der Waals surface area contributed by atoms with E-state index in [1.54, 1.807) is 28.8 Å². The van der Waals surface area contributed by atoms with Crippen molar-refractivity contribution in [2.24, 2.45) is 0 Å². The molecule has 6 nitrogen and oxygen atoms in total. The summed E-state index contributed by atoms with van der Waals surface area (Å²) in [6.07, 6.45) is 1.94. The lowest BCUT2D eigenvalue weighted by atomic mass is 10.1. The maximum atomic E-state index is 12.9. The van der Waals surface area contributed by atoms with Gasteiger partial charge in [0.2, 0.25) is 0 Å². The van der Waals surface area contributed by atoms with E-state index in [4.69, 9.17) is 0 Å². The molecule has 0 saturated carbocycles. The molecule has 3 aromatic rings. The fraction of sp³-hybridized carbons (Fsp3) is 0.222. The van der Waals surface area contributed by atoms with Crippen LogP contribution >= 0.6 is 22.7 Å². The number of non-ortho nitro benzene ring substituents is 1. The van der Waals surface area contributed by atoms with Crippen LogP contribution in [0.1, 0.15) is 34.9 Å². The summed E-state index contributed by atoms with van der Waals surface area (Å²) in [5.41, 5.74) is 2.25. The lowest BCUT2D eigenvalue weighted by Gasteiger charge is -2.23.